The smallest absolute Gasteiger partial charge is 0.259 e. The number of thiazole rings is 1. The first kappa shape index (κ1) is 22.3. The molecular weight excluding hydrogens is 446 g/mol. The second kappa shape index (κ2) is 9.81. The summed E-state index contributed by atoms with van der Waals surface area (Å²) >= 11 is 1.61. The van der Waals surface area contributed by atoms with Gasteiger partial charge in [0.15, 0.2) is 4.96 Å². The van der Waals surface area contributed by atoms with E-state index in [0.717, 1.165) is 35.5 Å². The van der Waals surface area contributed by atoms with E-state index in [-0.39, 0.29) is 24.0 Å². The first-order valence-corrected chi connectivity index (χ1v) is 12.6. The SMILES string of the molecule is CC[C@@H](C(=O)Nc1cccc(OCc2cc(=O)n3c4c(sc3n2)CCCC4)c1)c1ccccc1. The highest BCUT2D eigenvalue weighted by Crippen LogP contribution is 2.28. The van der Waals surface area contributed by atoms with Crippen LogP contribution < -0.4 is 15.6 Å². The lowest BCUT2D eigenvalue weighted by atomic mass is 9.95. The summed E-state index contributed by atoms with van der Waals surface area (Å²) in [6.45, 7) is 2.19. The zero-order valence-electron chi connectivity index (χ0n) is 19.1. The Labute approximate surface area is 202 Å². The molecule has 1 aliphatic carbocycles. The summed E-state index contributed by atoms with van der Waals surface area (Å²) in [7, 11) is 0. The van der Waals surface area contributed by atoms with Gasteiger partial charge in [-0.25, -0.2) is 4.98 Å². The van der Waals surface area contributed by atoms with E-state index in [9.17, 15) is 9.59 Å². The molecule has 1 atom stereocenters. The fourth-order valence-corrected chi connectivity index (χ4v) is 5.76. The Morgan fingerprint density at radius 1 is 1.12 bits per heavy atom. The standard InChI is InChI=1S/C27H27N3O3S/c1-2-22(18-9-4-3-5-10-18)26(32)28-19-11-8-12-21(15-19)33-17-20-16-25(31)30-23-13-6-7-14-24(23)34-27(30)29-20/h3-5,8-12,15-16,22H,2,6-7,13-14,17H2,1H3,(H,28,32)/t22-/m1/s1. The number of fused-ring (bicyclic) bond motifs is 3. The summed E-state index contributed by atoms with van der Waals surface area (Å²) in [6, 6.07) is 18.7. The van der Waals surface area contributed by atoms with Gasteiger partial charge in [0.25, 0.3) is 5.56 Å². The van der Waals surface area contributed by atoms with Gasteiger partial charge in [-0.15, -0.1) is 11.3 Å². The molecule has 0 saturated carbocycles. The number of carbonyl (C=O) groups is 1. The Morgan fingerprint density at radius 3 is 2.76 bits per heavy atom. The highest BCUT2D eigenvalue weighted by Gasteiger charge is 2.20. The fraction of sp³-hybridized carbons (Fsp3) is 0.296. The fourth-order valence-electron chi connectivity index (χ4n) is 4.52. The number of ether oxygens (including phenoxy) is 1. The van der Waals surface area contributed by atoms with Crippen molar-refractivity contribution in [3.8, 4) is 5.75 Å². The van der Waals surface area contributed by atoms with Crippen LogP contribution in [0.5, 0.6) is 5.75 Å². The Hall–Kier alpha value is -3.45. The van der Waals surface area contributed by atoms with E-state index in [2.05, 4.69) is 10.3 Å². The minimum Gasteiger partial charge on any atom is -0.487 e. The number of anilines is 1. The van der Waals surface area contributed by atoms with Crippen molar-refractivity contribution < 1.29 is 9.53 Å². The molecule has 174 valence electrons. The summed E-state index contributed by atoms with van der Waals surface area (Å²) in [5, 5.41) is 3.00. The van der Waals surface area contributed by atoms with E-state index in [1.54, 1.807) is 27.9 Å². The van der Waals surface area contributed by atoms with Gasteiger partial charge in [0.1, 0.15) is 12.4 Å². The van der Waals surface area contributed by atoms with Crippen molar-refractivity contribution in [2.75, 3.05) is 5.32 Å². The van der Waals surface area contributed by atoms with Crippen LogP contribution in [0.15, 0.2) is 65.5 Å². The maximum absolute atomic E-state index is 12.9. The van der Waals surface area contributed by atoms with Gasteiger partial charge >= 0.3 is 0 Å². The second-order valence-electron chi connectivity index (χ2n) is 8.56. The van der Waals surface area contributed by atoms with Gasteiger partial charge < -0.3 is 10.1 Å². The number of hydrogen-bond donors (Lipinski definition) is 1. The molecule has 7 heteroatoms. The zero-order valence-corrected chi connectivity index (χ0v) is 19.9. The number of amides is 1. The average Bonchev–Trinajstić information content (AvgIpc) is 3.23. The number of nitrogens with zero attached hydrogens (tertiary/aromatic N) is 2. The molecule has 5 rings (SSSR count). The highest BCUT2D eigenvalue weighted by atomic mass is 32.1. The summed E-state index contributed by atoms with van der Waals surface area (Å²) in [5.41, 5.74) is 3.36. The van der Waals surface area contributed by atoms with E-state index < -0.39 is 0 Å². The van der Waals surface area contributed by atoms with Crippen molar-refractivity contribution in [2.24, 2.45) is 0 Å². The van der Waals surface area contributed by atoms with Crippen molar-refractivity contribution in [2.45, 2.75) is 51.6 Å². The lowest BCUT2D eigenvalue weighted by Crippen LogP contribution is -2.20. The third-order valence-electron chi connectivity index (χ3n) is 6.23. The Kier molecular flexibility index (Phi) is 6.45. The van der Waals surface area contributed by atoms with Gasteiger partial charge in [-0.1, -0.05) is 43.3 Å². The van der Waals surface area contributed by atoms with E-state index in [1.165, 1.54) is 11.3 Å². The first-order chi connectivity index (χ1) is 16.6. The van der Waals surface area contributed by atoms with Crippen LogP contribution in [0, 0.1) is 0 Å². The van der Waals surface area contributed by atoms with Gasteiger partial charge in [0, 0.05) is 28.4 Å². The maximum Gasteiger partial charge on any atom is 0.259 e. The van der Waals surface area contributed by atoms with Gasteiger partial charge in [-0.2, -0.15) is 0 Å². The van der Waals surface area contributed by atoms with Gasteiger partial charge in [-0.3, -0.25) is 14.0 Å². The van der Waals surface area contributed by atoms with Gasteiger partial charge in [-0.05, 0) is 49.8 Å². The van der Waals surface area contributed by atoms with Gasteiger partial charge in [0.05, 0.1) is 11.6 Å². The molecule has 34 heavy (non-hydrogen) atoms. The van der Waals surface area contributed by atoms with Crippen LogP contribution in [0.4, 0.5) is 5.69 Å². The van der Waals surface area contributed by atoms with E-state index in [1.807, 2.05) is 55.5 Å². The molecule has 1 amide bonds. The Morgan fingerprint density at radius 2 is 1.94 bits per heavy atom. The van der Waals surface area contributed by atoms with E-state index >= 15 is 0 Å². The monoisotopic (exact) mass is 473 g/mol. The normalized spacial score (nSPS) is 13.9. The number of aryl methyl sites for hydroxylation is 2. The molecule has 4 aromatic rings. The lowest BCUT2D eigenvalue weighted by molar-refractivity contribution is -0.117. The molecule has 1 aliphatic rings. The van der Waals surface area contributed by atoms with Gasteiger partial charge in [0.2, 0.25) is 5.91 Å². The lowest BCUT2D eigenvalue weighted by Gasteiger charge is -2.16. The van der Waals surface area contributed by atoms with E-state index in [0.29, 0.717) is 23.6 Å². The molecule has 0 radical (unpaired) electrons. The molecule has 2 aromatic carbocycles. The largest absolute Gasteiger partial charge is 0.487 e. The van der Waals surface area contributed by atoms with Crippen molar-refractivity contribution >= 4 is 27.9 Å². The number of nitrogens with one attached hydrogen (secondary N) is 1. The van der Waals surface area contributed by atoms with Crippen LogP contribution in [-0.2, 0) is 24.2 Å². The highest BCUT2D eigenvalue weighted by molar-refractivity contribution is 7.17. The van der Waals surface area contributed by atoms with Crippen molar-refractivity contribution in [1.82, 2.24) is 9.38 Å². The molecule has 2 heterocycles. The molecule has 0 fully saturated rings. The summed E-state index contributed by atoms with van der Waals surface area (Å²) < 4.78 is 7.69. The van der Waals surface area contributed by atoms with Crippen molar-refractivity contribution in [3.05, 3.63) is 92.8 Å². The predicted molar refractivity (Wildman–Crippen MR) is 135 cm³/mol. The third-order valence-corrected chi connectivity index (χ3v) is 7.37. The molecule has 1 N–H and O–H groups in total. The Balaban J connectivity index is 1.28. The second-order valence-corrected chi connectivity index (χ2v) is 9.62. The van der Waals surface area contributed by atoms with E-state index in [4.69, 9.17) is 4.74 Å². The topological polar surface area (TPSA) is 72.7 Å². The van der Waals surface area contributed by atoms with Crippen LogP contribution in [-0.4, -0.2) is 15.3 Å². The number of hydrogen-bond acceptors (Lipinski definition) is 5. The molecular formula is C27H27N3O3S. The minimum atomic E-state index is -0.216. The minimum absolute atomic E-state index is 0.0458. The van der Waals surface area contributed by atoms with Crippen LogP contribution >= 0.6 is 11.3 Å². The molecule has 6 nitrogen and oxygen atoms in total. The van der Waals surface area contributed by atoms with Crippen LogP contribution in [0.1, 0.15) is 53.9 Å². The van der Waals surface area contributed by atoms with Crippen molar-refractivity contribution in [3.63, 3.8) is 0 Å². The molecule has 0 saturated heterocycles. The first-order valence-electron chi connectivity index (χ1n) is 11.7. The van der Waals surface area contributed by atoms with Crippen LogP contribution in [0.3, 0.4) is 0 Å². The van der Waals surface area contributed by atoms with Crippen molar-refractivity contribution in [1.29, 1.82) is 0 Å². The summed E-state index contributed by atoms with van der Waals surface area (Å²) in [4.78, 5) is 32.3. The van der Waals surface area contributed by atoms with Crippen LogP contribution in [0.2, 0.25) is 0 Å². The maximum atomic E-state index is 12.9. The molecule has 0 spiro atoms. The summed E-state index contributed by atoms with van der Waals surface area (Å²) in [5.74, 6) is 0.344. The number of benzene rings is 2. The zero-order chi connectivity index (χ0) is 23.5. The molecule has 0 unspecified atom stereocenters. The number of aromatic nitrogens is 2. The third kappa shape index (κ3) is 4.61. The van der Waals surface area contributed by atoms with Crippen LogP contribution in [0.25, 0.3) is 4.96 Å². The quantitative estimate of drug-likeness (QED) is 0.393. The number of carbonyl (C=O) groups excluding carboxylic acids is 1. The molecule has 0 bridgehead atoms. The molecule has 0 aliphatic heterocycles. The predicted octanol–water partition coefficient (Wildman–Crippen LogP) is 5.35. The average molecular weight is 474 g/mol. The number of rotatable bonds is 7. The molecule has 2 aromatic heterocycles. The summed E-state index contributed by atoms with van der Waals surface area (Å²) in [6.07, 6.45) is 4.96. The Bertz CT molecular complexity index is 1380.